The van der Waals surface area contributed by atoms with Crippen LogP contribution in [0.3, 0.4) is 0 Å². The highest BCUT2D eigenvalue weighted by atomic mass is 16.5. The summed E-state index contributed by atoms with van der Waals surface area (Å²) in [6.45, 7) is 3.34. The van der Waals surface area contributed by atoms with Gasteiger partial charge in [-0.25, -0.2) is 0 Å². The van der Waals surface area contributed by atoms with Gasteiger partial charge in [0.2, 0.25) is 5.91 Å². The lowest BCUT2D eigenvalue weighted by Gasteiger charge is -2.23. The van der Waals surface area contributed by atoms with Gasteiger partial charge in [0.25, 0.3) is 0 Å². The first-order valence-electron chi connectivity index (χ1n) is 5.42. The summed E-state index contributed by atoms with van der Waals surface area (Å²) in [6, 6.07) is 7.77. The Labute approximate surface area is 95.2 Å². The third kappa shape index (κ3) is 1.88. The highest BCUT2D eigenvalue weighted by Gasteiger charge is 2.31. The maximum absolute atomic E-state index is 11.4. The molecule has 1 amide bonds. The third-order valence-corrected chi connectivity index (χ3v) is 2.85. The van der Waals surface area contributed by atoms with E-state index in [-0.39, 0.29) is 12.1 Å². The maximum Gasteiger partial charge on any atom is 0.235 e. The second-order valence-corrected chi connectivity index (χ2v) is 3.78. The number of carbonyl (C=O) groups is 1. The first-order chi connectivity index (χ1) is 7.76. The number of para-hydroxylation sites is 1. The van der Waals surface area contributed by atoms with Crippen LogP contribution in [0.25, 0.3) is 0 Å². The van der Waals surface area contributed by atoms with Gasteiger partial charge in [0.05, 0.1) is 13.7 Å². The third-order valence-electron chi connectivity index (χ3n) is 2.85. The van der Waals surface area contributed by atoms with Gasteiger partial charge in [-0.05, 0) is 12.6 Å². The molecule has 1 atom stereocenters. The van der Waals surface area contributed by atoms with Crippen LogP contribution >= 0.6 is 0 Å². The van der Waals surface area contributed by atoms with Gasteiger partial charge in [-0.1, -0.05) is 25.1 Å². The zero-order chi connectivity index (χ0) is 11.5. The van der Waals surface area contributed by atoms with Gasteiger partial charge in [0.1, 0.15) is 11.9 Å². The highest BCUT2D eigenvalue weighted by molar-refractivity contribution is 5.80. The number of methoxy groups -OCH3 is 1. The molecule has 86 valence electrons. The van der Waals surface area contributed by atoms with Crippen LogP contribution in [0.5, 0.6) is 5.75 Å². The van der Waals surface area contributed by atoms with Gasteiger partial charge in [-0.3, -0.25) is 9.69 Å². The largest absolute Gasteiger partial charge is 0.496 e. The van der Waals surface area contributed by atoms with E-state index in [0.29, 0.717) is 6.54 Å². The van der Waals surface area contributed by atoms with Crippen molar-refractivity contribution in [1.82, 2.24) is 10.2 Å². The van der Waals surface area contributed by atoms with Crippen LogP contribution < -0.4 is 10.1 Å². The number of hydrogen-bond donors (Lipinski definition) is 1. The summed E-state index contributed by atoms with van der Waals surface area (Å²) in [6.07, 6.45) is -0.0614. The van der Waals surface area contributed by atoms with E-state index in [9.17, 15) is 4.79 Å². The topological polar surface area (TPSA) is 41.6 Å². The van der Waals surface area contributed by atoms with Crippen molar-refractivity contribution in [3.8, 4) is 5.75 Å². The Kier molecular flexibility index (Phi) is 3.10. The minimum atomic E-state index is -0.0614. The molecule has 0 bridgehead atoms. The monoisotopic (exact) mass is 220 g/mol. The molecule has 1 heterocycles. The Hall–Kier alpha value is -1.55. The first kappa shape index (κ1) is 11.0. The average molecular weight is 220 g/mol. The molecule has 2 rings (SSSR count). The highest BCUT2D eigenvalue weighted by Crippen LogP contribution is 2.29. The molecule has 1 aromatic rings. The summed E-state index contributed by atoms with van der Waals surface area (Å²) in [4.78, 5) is 13.5. The molecule has 4 heteroatoms. The van der Waals surface area contributed by atoms with E-state index in [1.165, 1.54) is 0 Å². The minimum Gasteiger partial charge on any atom is -0.496 e. The van der Waals surface area contributed by atoms with Crippen molar-refractivity contribution >= 4 is 5.91 Å². The second-order valence-electron chi connectivity index (χ2n) is 3.78. The zero-order valence-corrected chi connectivity index (χ0v) is 9.56. The minimum absolute atomic E-state index is 0.0614. The van der Waals surface area contributed by atoms with Gasteiger partial charge in [0, 0.05) is 5.56 Å². The second kappa shape index (κ2) is 4.53. The number of ether oxygens (including phenoxy) is 1. The molecular weight excluding hydrogens is 204 g/mol. The van der Waals surface area contributed by atoms with Crippen LogP contribution in [0.15, 0.2) is 24.3 Å². The van der Waals surface area contributed by atoms with Crippen LogP contribution in [0.1, 0.15) is 18.7 Å². The molecule has 0 radical (unpaired) electrons. The van der Waals surface area contributed by atoms with Crippen molar-refractivity contribution < 1.29 is 9.53 Å². The van der Waals surface area contributed by atoms with Gasteiger partial charge < -0.3 is 10.1 Å². The summed E-state index contributed by atoms with van der Waals surface area (Å²) in [5.74, 6) is 0.880. The van der Waals surface area contributed by atoms with Crippen LogP contribution in [0, 0.1) is 0 Å². The Morgan fingerprint density at radius 2 is 2.25 bits per heavy atom. The molecule has 1 N–H and O–H groups in total. The van der Waals surface area contributed by atoms with Crippen molar-refractivity contribution in [2.45, 2.75) is 13.1 Å². The lowest BCUT2D eigenvalue weighted by atomic mass is 10.1. The summed E-state index contributed by atoms with van der Waals surface area (Å²) >= 11 is 0. The molecular formula is C12H16N2O2. The molecule has 0 spiro atoms. The Bertz CT molecular complexity index is 392. The zero-order valence-electron chi connectivity index (χ0n) is 9.56. The average Bonchev–Trinajstić information content (AvgIpc) is 2.70. The lowest BCUT2D eigenvalue weighted by molar-refractivity contribution is -0.118. The predicted octanol–water partition coefficient (Wildman–Crippen LogP) is 1.15. The van der Waals surface area contributed by atoms with Crippen molar-refractivity contribution in [2.24, 2.45) is 0 Å². The summed E-state index contributed by atoms with van der Waals surface area (Å²) < 4.78 is 5.31. The molecule has 0 saturated carbocycles. The van der Waals surface area contributed by atoms with E-state index < -0.39 is 0 Å². The van der Waals surface area contributed by atoms with Crippen molar-refractivity contribution in [3.63, 3.8) is 0 Å². The number of carbonyl (C=O) groups excluding carboxylic acids is 1. The Morgan fingerprint density at radius 3 is 2.94 bits per heavy atom. The molecule has 1 saturated heterocycles. The molecule has 0 aromatic heterocycles. The van der Waals surface area contributed by atoms with Crippen LogP contribution in [0.2, 0.25) is 0 Å². The maximum atomic E-state index is 11.4. The van der Waals surface area contributed by atoms with E-state index >= 15 is 0 Å². The molecule has 16 heavy (non-hydrogen) atoms. The number of amides is 1. The van der Waals surface area contributed by atoms with Gasteiger partial charge in [0.15, 0.2) is 0 Å². The SMILES string of the molecule is CCN1CC(=O)N[C@H]1c1ccccc1OC. The Morgan fingerprint density at radius 1 is 1.50 bits per heavy atom. The van der Waals surface area contributed by atoms with Crippen LogP contribution in [0.4, 0.5) is 0 Å². The molecule has 4 nitrogen and oxygen atoms in total. The summed E-state index contributed by atoms with van der Waals surface area (Å²) in [5.41, 5.74) is 1.01. The number of nitrogens with zero attached hydrogens (tertiary/aromatic N) is 1. The first-order valence-corrected chi connectivity index (χ1v) is 5.42. The number of benzene rings is 1. The normalized spacial score (nSPS) is 20.9. The number of nitrogens with one attached hydrogen (secondary N) is 1. The lowest BCUT2D eigenvalue weighted by Crippen LogP contribution is -2.27. The number of rotatable bonds is 3. The van der Waals surface area contributed by atoms with Gasteiger partial charge in [-0.2, -0.15) is 0 Å². The quantitative estimate of drug-likeness (QED) is 0.830. The van der Waals surface area contributed by atoms with Crippen LogP contribution in [-0.2, 0) is 4.79 Å². The van der Waals surface area contributed by atoms with E-state index in [0.717, 1.165) is 17.9 Å². The standard InChI is InChI=1S/C12H16N2O2/c1-3-14-8-11(15)13-12(14)9-6-4-5-7-10(9)16-2/h4-7,12H,3,8H2,1-2H3,(H,13,15)/t12-/m1/s1. The molecule has 0 unspecified atom stereocenters. The van der Waals surface area contributed by atoms with Crippen LogP contribution in [-0.4, -0.2) is 31.0 Å². The van der Waals surface area contributed by atoms with Crippen molar-refractivity contribution in [3.05, 3.63) is 29.8 Å². The smallest absolute Gasteiger partial charge is 0.235 e. The molecule has 1 fully saturated rings. The number of hydrogen-bond acceptors (Lipinski definition) is 3. The number of likely N-dealkylation sites (N-methyl/N-ethyl adjacent to an activating group) is 1. The fourth-order valence-corrected chi connectivity index (χ4v) is 2.03. The van der Waals surface area contributed by atoms with E-state index in [1.54, 1.807) is 7.11 Å². The molecule has 1 aromatic carbocycles. The van der Waals surface area contributed by atoms with Crippen molar-refractivity contribution in [1.29, 1.82) is 0 Å². The van der Waals surface area contributed by atoms with E-state index in [4.69, 9.17) is 4.74 Å². The summed E-state index contributed by atoms with van der Waals surface area (Å²) in [7, 11) is 1.64. The predicted molar refractivity (Wildman–Crippen MR) is 61.1 cm³/mol. The molecule has 1 aliphatic rings. The van der Waals surface area contributed by atoms with Gasteiger partial charge >= 0.3 is 0 Å². The van der Waals surface area contributed by atoms with Crippen molar-refractivity contribution in [2.75, 3.05) is 20.2 Å². The fourth-order valence-electron chi connectivity index (χ4n) is 2.03. The molecule has 1 aliphatic heterocycles. The van der Waals surface area contributed by atoms with Gasteiger partial charge in [-0.15, -0.1) is 0 Å². The van der Waals surface area contributed by atoms with E-state index in [1.807, 2.05) is 31.2 Å². The Balaban J connectivity index is 2.32. The molecule has 0 aliphatic carbocycles. The fraction of sp³-hybridized carbons (Fsp3) is 0.417. The van der Waals surface area contributed by atoms with E-state index in [2.05, 4.69) is 10.2 Å². The summed E-state index contributed by atoms with van der Waals surface area (Å²) in [5, 5.41) is 2.95.